The van der Waals surface area contributed by atoms with E-state index in [-0.39, 0.29) is 0 Å². The van der Waals surface area contributed by atoms with Crippen LogP contribution in [0.25, 0.3) is 22.2 Å². The van der Waals surface area contributed by atoms with Crippen molar-refractivity contribution >= 4 is 16.6 Å². The summed E-state index contributed by atoms with van der Waals surface area (Å²) in [5, 5.41) is 1.33. The first-order valence-corrected chi connectivity index (χ1v) is 13.3. The van der Waals surface area contributed by atoms with Crippen LogP contribution in [0.15, 0.2) is 36.4 Å². The molecule has 0 radical (unpaired) electrons. The topological polar surface area (TPSA) is 40.7 Å². The number of anilines is 1. The van der Waals surface area contributed by atoms with Crippen LogP contribution in [0.3, 0.4) is 0 Å². The fourth-order valence-corrected chi connectivity index (χ4v) is 6.29. The Morgan fingerprint density at radius 2 is 1.57 bits per heavy atom. The van der Waals surface area contributed by atoms with E-state index >= 15 is 0 Å². The van der Waals surface area contributed by atoms with Crippen LogP contribution >= 0.6 is 0 Å². The largest absolute Gasteiger partial charge is 0.493 e. The van der Waals surface area contributed by atoms with Gasteiger partial charge >= 0.3 is 0 Å². The molecule has 5 rings (SSSR count). The van der Waals surface area contributed by atoms with Crippen molar-refractivity contribution in [2.24, 2.45) is 5.41 Å². The van der Waals surface area contributed by atoms with Crippen LogP contribution in [0.1, 0.15) is 52.0 Å². The van der Waals surface area contributed by atoms with Crippen molar-refractivity contribution in [3.63, 3.8) is 0 Å². The first kappa shape index (κ1) is 24.1. The van der Waals surface area contributed by atoms with Gasteiger partial charge in [-0.05, 0) is 106 Å². The average molecular weight is 476 g/mol. The molecule has 2 aliphatic rings. The number of rotatable bonds is 6. The Balaban J connectivity index is 1.37. The third-order valence-corrected chi connectivity index (χ3v) is 8.69. The van der Waals surface area contributed by atoms with Gasteiger partial charge in [-0.1, -0.05) is 6.92 Å². The fraction of sp³-hybridized carbons (Fsp3) is 0.533. The van der Waals surface area contributed by atoms with Gasteiger partial charge in [0.05, 0.1) is 14.2 Å². The fourth-order valence-electron chi connectivity index (χ4n) is 6.29. The number of aromatic nitrogens is 1. The van der Waals surface area contributed by atoms with Gasteiger partial charge in [0.2, 0.25) is 0 Å². The standard InChI is InChI=1S/C30H41N3O2/c1-6-24-25-20-23(33-17-13-30(14-18-33)11-15-32(16-12-30)21(2)3)8-9-26(25)31-29(24)22-7-10-27(34-4)28(19-22)35-5/h7-10,19-21,31H,6,11-18H2,1-5H3. The van der Waals surface area contributed by atoms with E-state index in [2.05, 4.69) is 65.9 Å². The smallest absolute Gasteiger partial charge is 0.161 e. The van der Waals surface area contributed by atoms with Crippen molar-refractivity contribution < 1.29 is 9.47 Å². The SMILES string of the molecule is CCc1c(-c2ccc(OC)c(OC)c2)[nH]c2ccc(N3CCC4(CC3)CCN(C(C)C)CC4)cc12. The molecule has 3 heterocycles. The molecule has 1 spiro atoms. The lowest BCUT2D eigenvalue weighted by Gasteiger charge is -2.48. The Kier molecular flexibility index (Phi) is 6.71. The van der Waals surface area contributed by atoms with E-state index in [1.165, 1.54) is 79.7 Å². The zero-order valence-corrected chi connectivity index (χ0v) is 22.1. The summed E-state index contributed by atoms with van der Waals surface area (Å²) in [6.07, 6.45) is 6.35. The van der Waals surface area contributed by atoms with Crippen LogP contribution < -0.4 is 14.4 Å². The molecule has 35 heavy (non-hydrogen) atoms. The predicted octanol–water partition coefficient (Wildman–Crippen LogP) is 6.51. The molecule has 5 nitrogen and oxygen atoms in total. The van der Waals surface area contributed by atoms with Gasteiger partial charge in [-0.15, -0.1) is 0 Å². The number of methoxy groups -OCH3 is 2. The highest BCUT2D eigenvalue weighted by Crippen LogP contribution is 2.43. The van der Waals surface area contributed by atoms with Gasteiger partial charge in [0.1, 0.15) is 0 Å². The lowest BCUT2D eigenvalue weighted by Crippen LogP contribution is -2.48. The number of aryl methyl sites for hydroxylation is 1. The molecule has 1 aromatic heterocycles. The number of hydrogen-bond donors (Lipinski definition) is 1. The molecule has 2 saturated heterocycles. The van der Waals surface area contributed by atoms with Crippen LogP contribution in [0.5, 0.6) is 11.5 Å². The van der Waals surface area contributed by atoms with Crippen molar-refractivity contribution in [3.05, 3.63) is 42.0 Å². The highest BCUT2D eigenvalue weighted by molar-refractivity contribution is 5.93. The number of benzene rings is 2. The highest BCUT2D eigenvalue weighted by Gasteiger charge is 2.38. The maximum absolute atomic E-state index is 5.56. The second-order valence-electron chi connectivity index (χ2n) is 10.7. The number of likely N-dealkylation sites (tertiary alicyclic amines) is 1. The van der Waals surface area contributed by atoms with Crippen molar-refractivity contribution in [1.29, 1.82) is 0 Å². The molecule has 0 saturated carbocycles. The number of hydrogen-bond acceptors (Lipinski definition) is 4. The summed E-state index contributed by atoms with van der Waals surface area (Å²) in [6.45, 7) is 11.8. The molecule has 2 fully saturated rings. The van der Waals surface area contributed by atoms with Crippen molar-refractivity contribution in [2.75, 3.05) is 45.3 Å². The van der Waals surface area contributed by atoms with Gasteiger partial charge in [0, 0.05) is 47.0 Å². The lowest BCUT2D eigenvalue weighted by atomic mass is 9.71. The monoisotopic (exact) mass is 475 g/mol. The zero-order valence-electron chi connectivity index (χ0n) is 22.1. The molecule has 2 aromatic carbocycles. The van der Waals surface area contributed by atoms with Crippen molar-refractivity contribution in [3.8, 4) is 22.8 Å². The van der Waals surface area contributed by atoms with E-state index < -0.39 is 0 Å². The van der Waals surface area contributed by atoms with E-state index in [0.29, 0.717) is 11.5 Å². The quantitative estimate of drug-likeness (QED) is 0.441. The predicted molar refractivity (Wildman–Crippen MR) is 146 cm³/mol. The minimum absolute atomic E-state index is 0.565. The molecule has 5 heteroatoms. The first-order valence-electron chi connectivity index (χ1n) is 13.3. The summed E-state index contributed by atoms with van der Waals surface area (Å²) >= 11 is 0. The number of nitrogens with zero attached hydrogens (tertiary/aromatic N) is 2. The second-order valence-corrected chi connectivity index (χ2v) is 10.7. The molecule has 3 aromatic rings. The summed E-state index contributed by atoms with van der Waals surface area (Å²) in [6, 6.07) is 13.8. The highest BCUT2D eigenvalue weighted by atomic mass is 16.5. The van der Waals surface area contributed by atoms with Crippen molar-refractivity contribution in [2.45, 2.75) is 58.9 Å². The number of piperidine rings is 2. The van der Waals surface area contributed by atoms with Crippen LogP contribution in [-0.2, 0) is 6.42 Å². The van der Waals surface area contributed by atoms with Gasteiger partial charge < -0.3 is 24.3 Å². The summed E-state index contributed by atoms with van der Waals surface area (Å²) in [5.41, 5.74) is 6.79. The third-order valence-electron chi connectivity index (χ3n) is 8.69. The summed E-state index contributed by atoms with van der Waals surface area (Å²) in [4.78, 5) is 8.96. The first-order chi connectivity index (χ1) is 17.0. The second kappa shape index (κ2) is 9.77. The van der Waals surface area contributed by atoms with E-state index in [0.717, 1.165) is 23.5 Å². The summed E-state index contributed by atoms with van der Waals surface area (Å²) in [7, 11) is 3.37. The molecular formula is C30H41N3O2. The Hall–Kier alpha value is -2.66. The van der Waals surface area contributed by atoms with Gasteiger partial charge in [-0.2, -0.15) is 0 Å². The number of nitrogens with one attached hydrogen (secondary N) is 1. The van der Waals surface area contributed by atoms with E-state index in [1.54, 1.807) is 14.2 Å². The maximum Gasteiger partial charge on any atom is 0.161 e. The molecular weight excluding hydrogens is 434 g/mol. The molecule has 0 aliphatic carbocycles. The Bertz CT molecular complexity index is 1160. The van der Waals surface area contributed by atoms with Crippen LogP contribution in [0.4, 0.5) is 5.69 Å². The zero-order chi connectivity index (χ0) is 24.6. The van der Waals surface area contributed by atoms with Crippen LogP contribution in [0.2, 0.25) is 0 Å². The van der Waals surface area contributed by atoms with Crippen molar-refractivity contribution in [1.82, 2.24) is 9.88 Å². The Morgan fingerprint density at radius 3 is 2.20 bits per heavy atom. The normalized spacial score (nSPS) is 18.5. The molecule has 0 bridgehead atoms. The number of H-pyrrole nitrogens is 1. The Morgan fingerprint density at radius 1 is 0.886 bits per heavy atom. The molecule has 0 amide bonds. The Labute approximate surface area is 210 Å². The molecule has 0 atom stereocenters. The van der Waals surface area contributed by atoms with E-state index in [1.807, 2.05) is 6.07 Å². The third kappa shape index (κ3) is 4.51. The van der Waals surface area contributed by atoms with E-state index in [9.17, 15) is 0 Å². The molecule has 188 valence electrons. The lowest BCUT2D eigenvalue weighted by molar-refractivity contribution is 0.0632. The minimum atomic E-state index is 0.565. The minimum Gasteiger partial charge on any atom is -0.493 e. The average Bonchev–Trinajstić information content (AvgIpc) is 3.27. The molecule has 0 unspecified atom stereocenters. The van der Waals surface area contributed by atoms with Crippen LogP contribution in [-0.4, -0.2) is 56.3 Å². The van der Waals surface area contributed by atoms with Crippen LogP contribution in [0, 0.1) is 5.41 Å². The number of ether oxygens (including phenoxy) is 2. The molecule has 1 N–H and O–H groups in total. The molecule has 2 aliphatic heterocycles. The van der Waals surface area contributed by atoms with E-state index in [4.69, 9.17) is 9.47 Å². The van der Waals surface area contributed by atoms with Gasteiger partial charge in [-0.25, -0.2) is 0 Å². The summed E-state index contributed by atoms with van der Waals surface area (Å²) < 4.78 is 11.0. The number of aromatic amines is 1. The summed E-state index contributed by atoms with van der Waals surface area (Å²) in [5.74, 6) is 1.51. The van der Waals surface area contributed by atoms with Gasteiger partial charge in [-0.3, -0.25) is 0 Å². The van der Waals surface area contributed by atoms with Gasteiger partial charge in [0.25, 0.3) is 0 Å². The maximum atomic E-state index is 5.56. The van der Waals surface area contributed by atoms with Gasteiger partial charge in [0.15, 0.2) is 11.5 Å². The number of fused-ring (bicyclic) bond motifs is 1.